The van der Waals surface area contributed by atoms with E-state index in [1.54, 1.807) is 12.1 Å². The zero-order chi connectivity index (χ0) is 12.5. The first kappa shape index (κ1) is 12.0. The molecule has 1 aromatic rings. The number of nitrogens with one attached hydrogen (secondary N) is 1. The van der Waals surface area contributed by atoms with Crippen molar-refractivity contribution in [2.24, 2.45) is 5.92 Å². The molecule has 0 aliphatic heterocycles. The average Bonchev–Trinajstić information content (AvgIpc) is 3.11. The summed E-state index contributed by atoms with van der Waals surface area (Å²) in [5.41, 5.74) is 1.26. The lowest BCUT2D eigenvalue weighted by Gasteiger charge is -2.26. The van der Waals surface area contributed by atoms with Gasteiger partial charge in [0.05, 0.1) is 11.3 Å². The molecule has 17 heavy (non-hydrogen) atoms. The Bertz CT molecular complexity index is 408. The molecule has 4 heteroatoms. The van der Waals surface area contributed by atoms with Crippen molar-refractivity contribution in [1.29, 1.82) is 0 Å². The van der Waals surface area contributed by atoms with Crippen molar-refractivity contribution in [3.8, 4) is 0 Å². The van der Waals surface area contributed by atoms with E-state index in [1.165, 1.54) is 19.0 Å². The molecular weight excluding hydrogens is 216 g/mol. The lowest BCUT2D eigenvalue weighted by molar-refractivity contribution is 0.0696. The highest BCUT2D eigenvalue weighted by atomic mass is 16.4. The maximum absolute atomic E-state index is 10.7. The van der Waals surface area contributed by atoms with Crippen molar-refractivity contribution in [3.63, 3.8) is 0 Å². The number of hydrogen-bond acceptors (Lipinski definition) is 3. The Morgan fingerprint density at radius 2 is 2.24 bits per heavy atom. The molecule has 92 valence electrons. The van der Waals surface area contributed by atoms with E-state index in [9.17, 15) is 4.79 Å². The van der Waals surface area contributed by atoms with Gasteiger partial charge in [0.15, 0.2) is 0 Å². The lowest BCUT2D eigenvalue weighted by Crippen LogP contribution is -2.40. The molecule has 1 fully saturated rings. The molecule has 0 amide bonds. The summed E-state index contributed by atoms with van der Waals surface area (Å²) >= 11 is 0. The van der Waals surface area contributed by atoms with Crippen molar-refractivity contribution in [1.82, 2.24) is 10.3 Å². The molecule has 0 atom stereocenters. The number of aromatic carboxylic acids is 1. The van der Waals surface area contributed by atoms with Crippen molar-refractivity contribution < 1.29 is 9.90 Å². The number of carbonyl (C=O) groups is 1. The van der Waals surface area contributed by atoms with Gasteiger partial charge < -0.3 is 10.4 Å². The van der Waals surface area contributed by atoms with Crippen LogP contribution in [-0.4, -0.2) is 21.6 Å². The third-order valence-electron chi connectivity index (χ3n) is 3.39. The van der Waals surface area contributed by atoms with Gasteiger partial charge in [-0.15, -0.1) is 0 Å². The predicted molar refractivity (Wildman–Crippen MR) is 64.8 cm³/mol. The molecule has 1 aliphatic carbocycles. The smallest absolute Gasteiger partial charge is 0.337 e. The van der Waals surface area contributed by atoms with E-state index >= 15 is 0 Å². The van der Waals surface area contributed by atoms with Gasteiger partial charge in [0.25, 0.3) is 0 Å². The highest BCUT2D eigenvalue weighted by Crippen LogP contribution is 2.39. The quantitative estimate of drug-likeness (QED) is 0.818. The van der Waals surface area contributed by atoms with E-state index in [0.29, 0.717) is 6.54 Å². The molecule has 1 aromatic heterocycles. The topological polar surface area (TPSA) is 62.2 Å². The molecule has 0 spiro atoms. The van der Waals surface area contributed by atoms with Gasteiger partial charge in [0.2, 0.25) is 0 Å². The van der Waals surface area contributed by atoms with Crippen LogP contribution in [0.5, 0.6) is 0 Å². The summed E-state index contributed by atoms with van der Waals surface area (Å²) in [6.07, 6.45) is 4.00. The lowest BCUT2D eigenvalue weighted by atomic mass is 9.99. The number of nitrogens with zero attached hydrogens (tertiary/aromatic N) is 1. The van der Waals surface area contributed by atoms with Crippen molar-refractivity contribution in [3.05, 3.63) is 29.6 Å². The first-order valence-corrected chi connectivity index (χ1v) is 5.92. The van der Waals surface area contributed by atoms with E-state index < -0.39 is 5.97 Å². The van der Waals surface area contributed by atoms with Crippen LogP contribution in [0.1, 0.15) is 42.7 Å². The fourth-order valence-electron chi connectivity index (χ4n) is 1.92. The summed E-state index contributed by atoms with van der Waals surface area (Å²) < 4.78 is 0. The fourth-order valence-corrected chi connectivity index (χ4v) is 1.92. The monoisotopic (exact) mass is 234 g/mol. The minimum atomic E-state index is -0.935. The number of carboxylic acids is 1. The third kappa shape index (κ3) is 3.03. The molecule has 0 radical (unpaired) electrons. The summed E-state index contributed by atoms with van der Waals surface area (Å²) in [7, 11) is 0. The van der Waals surface area contributed by atoms with Crippen molar-refractivity contribution in [2.75, 3.05) is 0 Å². The highest BCUT2D eigenvalue weighted by molar-refractivity contribution is 5.87. The Labute approximate surface area is 101 Å². The predicted octanol–water partition coefficient (Wildman–Crippen LogP) is 2.06. The van der Waals surface area contributed by atoms with E-state index in [1.807, 2.05) is 0 Å². The number of rotatable bonds is 5. The Morgan fingerprint density at radius 3 is 2.71 bits per heavy atom. The zero-order valence-electron chi connectivity index (χ0n) is 10.2. The first-order valence-electron chi connectivity index (χ1n) is 5.92. The van der Waals surface area contributed by atoms with Crippen LogP contribution in [0, 0.1) is 5.92 Å². The number of hydrogen-bond donors (Lipinski definition) is 2. The molecule has 0 saturated heterocycles. The van der Waals surface area contributed by atoms with Gasteiger partial charge in [0, 0.05) is 18.3 Å². The molecule has 0 bridgehead atoms. The Morgan fingerprint density at radius 1 is 1.53 bits per heavy atom. The van der Waals surface area contributed by atoms with Crippen LogP contribution in [0.4, 0.5) is 0 Å². The van der Waals surface area contributed by atoms with Gasteiger partial charge in [-0.2, -0.15) is 0 Å². The average molecular weight is 234 g/mol. The fraction of sp³-hybridized carbons (Fsp3) is 0.538. The summed E-state index contributed by atoms with van der Waals surface area (Å²) in [6.45, 7) is 5.09. The molecule has 2 rings (SSSR count). The summed E-state index contributed by atoms with van der Waals surface area (Å²) in [5.74, 6) is -0.170. The maximum Gasteiger partial charge on any atom is 0.337 e. The Hall–Kier alpha value is -1.42. The van der Waals surface area contributed by atoms with Gasteiger partial charge in [0.1, 0.15) is 0 Å². The standard InChI is InChI=1S/C13H18N2O2/c1-13(2,10-4-5-10)15-8-11-6-3-9(7-14-11)12(16)17/h3,6-7,10,15H,4-5,8H2,1-2H3,(H,16,17). The van der Waals surface area contributed by atoms with Crippen LogP contribution >= 0.6 is 0 Å². The minimum absolute atomic E-state index is 0.146. The van der Waals surface area contributed by atoms with Crippen LogP contribution in [0.2, 0.25) is 0 Å². The van der Waals surface area contributed by atoms with Crippen molar-refractivity contribution in [2.45, 2.75) is 38.8 Å². The Balaban J connectivity index is 1.92. The van der Waals surface area contributed by atoms with Crippen LogP contribution in [0.25, 0.3) is 0 Å². The van der Waals surface area contributed by atoms with E-state index in [-0.39, 0.29) is 11.1 Å². The van der Waals surface area contributed by atoms with Gasteiger partial charge >= 0.3 is 5.97 Å². The van der Waals surface area contributed by atoms with Gasteiger partial charge in [-0.05, 0) is 44.7 Å². The summed E-state index contributed by atoms with van der Waals surface area (Å²) in [6, 6.07) is 3.36. The second-order valence-corrected chi connectivity index (χ2v) is 5.19. The van der Waals surface area contributed by atoms with E-state index in [4.69, 9.17) is 5.11 Å². The normalized spacial score (nSPS) is 15.9. The number of aromatic nitrogens is 1. The van der Waals surface area contributed by atoms with Crippen LogP contribution in [0.3, 0.4) is 0 Å². The zero-order valence-corrected chi connectivity index (χ0v) is 10.2. The van der Waals surface area contributed by atoms with Crippen molar-refractivity contribution >= 4 is 5.97 Å². The number of pyridine rings is 1. The second-order valence-electron chi connectivity index (χ2n) is 5.19. The minimum Gasteiger partial charge on any atom is -0.478 e. The van der Waals surface area contributed by atoms with Gasteiger partial charge in [-0.25, -0.2) is 4.79 Å². The van der Waals surface area contributed by atoms with Crippen LogP contribution in [-0.2, 0) is 6.54 Å². The Kier molecular flexibility index (Phi) is 3.15. The first-order chi connectivity index (χ1) is 7.99. The van der Waals surface area contributed by atoms with E-state index in [0.717, 1.165) is 11.6 Å². The summed E-state index contributed by atoms with van der Waals surface area (Å²) in [4.78, 5) is 14.8. The molecule has 1 saturated carbocycles. The molecule has 0 unspecified atom stereocenters. The van der Waals surface area contributed by atoms with Gasteiger partial charge in [-0.3, -0.25) is 4.98 Å². The molecule has 1 aliphatic rings. The largest absolute Gasteiger partial charge is 0.478 e. The maximum atomic E-state index is 10.7. The SMILES string of the molecule is CC(C)(NCc1ccc(C(=O)O)cn1)C1CC1. The second kappa shape index (κ2) is 4.45. The number of carboxylic acid groups (broad SMARTS) is 1. The molecular formula is C13H18N2O2. The highest BCUT2D eigenvalue weighted by Gasteiger charge is 2.37. The van der Waals surface area contributed by atoms with E-state index in [2.05, 4.69) is 24.1 Å². The van der Waals surface area contributed by atoms with Gasteiger partial charge in [-0.1, -0.05) is 0 Å². The molecule has 1 heterocycles. The third-order valence-corrected chi connectivity index (χ3v) is 3.39. The molecule has 0 aromatic carbocycles. The molecule has 2 N–H and O–H groups in total. The van der Waals surface area contributed by atoms with Crippen LogP contribution in [0.15, 0.2) is 18.3 Å². The molecule has 4 nitrogen and oxygen atoms in total. The van der Waals surface area contributed by atoms with Crippen LogP contribution < -0.4 is 5.32 Å². The summed E-state index contributed by atoms with van der Waals surface area (Å²) in [5, 5.41) is 12.2.